The Kier molecular flexibility index (Phi) is 28.1. The van der Waals surface area contributed by atoms with Gasteiger partial charge in [-0.05, 0) is 151 Å². The zero-order valence-corrected chi connectivity index (χ0v) is 67.5. The van der Waals surface area contributed by atoms with Crippen molar-refractivity contribution in [3.63, 3.8) is 0 Å². The van der Waals surface area contributed by atoms with Crippen molar-refractivity contribution in [3.05, 3.63) is 174 Å². The second-order valence-electron chi connectivity index (χ2n) is 30.6. The maximum atomic E-state index is 14.7. The molecule has 102 heavy (non-hydrogen) atoms. The predicted molar refractivity (Wildman–Crippen MR) is 408 cm³/mol. The van der Waals surface area contributed by atoms with Crippen molar-refractivity contribution in [2.45, 2.75) is 257 Å². The van der Waals surface area contributed by atoms with Crippen LogP contribution < -0.4 is 0 Å². The van der Waals surface area contributed by atoms with E-state index in [0.29, 0.717) is 0 Å². The number of hydrogen-bond donors (Lipinski definition) is 0. The van der Waals surface area contributed by atoms with E-state index in [1.165, 1.54) is 36.4 Å². The molecule has 0 aromatic heterocycles. The number of halogens is 12. The molecule has 0 saturated heterocycles. The Hall–Kier alpha value is -7.39. The summed E-state index contributed by atoms with van der Waals surface area (Å²) >= 11 is 0. The minimum atomic E-state index is -4.76. The molecule has 0 fully saturated rings. The first-order valence-electron chi connectivity index (χ1n) is 35.2. The van der Waals surface area contributed by atoms with Gasteiger partial charge in [0.1, 0.15) is 32.3 Å². The Morgan fingerprint density at radius 2 is 0.314 bits per heavy atom. The van der Waals surface area contributed by atoms with Crippen molar-refractivity contribution in [1.29, 1.82) is 0 Å². The third-order valence-corrected chi connectivity index (χ3v) is 46.2. The van der Waals surface area contributed by atoms with Gasteiger partial charge in [-0.25, -0.2) is 0 Å². The molecule has 0 bridgehead atoms. The van der Waals surface area contributed by atoms with E-state index in [-0.39, 0.29) is 133 Å². The summed E-state index contributed by atoms with van der Waals surface area (Å²) in [5.74, 6) is 37.6. The molecule has 0 aliphatic heterocycles. The van der Waals surface area contributed by atoms with Crippen LogP contribution in [0, 0.1) is 93.2 Å². The molecule has 0 spiro atoms. The van der Waals surface area contributed by atoms with Crippen LogP contribution in [-0.2, 0) is 24.7 Å². The Labute approximate surface area is 606 Å². The molecular weight excluding hydrogens is 1370 g/mol. The molecule has 0 atom stereocenters. The quantitative estimate of drug-likeness (QED) is 0.0663. The molecule has 0 aliphatic rings. The molecule has 0 amide bonds. The summed E-state index contributed by atoms with van der Waals surface area (Å²) in [4.78, 5) is 0. The molecule has 0 heterocycles. The highest BCUT2D eigenvalue weighted by atomic mass is 28.3. The van der Waals surface area contributed by atoms with Crippen molar-refractivity contribution in [2.75, 3.05) is 0 Å². The Bertz CT molecular complexity index is 3760. The highest BCUT2D eigenvalue weighted by molar-refractivity contribution is 6.92. The topological polar surface area (TPSA) is 0 Å². The Balaban J connectivity index is 2.15. The zero-order chi connectivity index (χ0) is 77.4. The van der Waals surface area contributed by atoms with E-state index < -0.39 is 79.3 Å². The maximum absolute atomic E-state index is 14.7. The molecule has 5 rings (SSSR count). The summed E-state index contributed by atoms with van der Waals surface area (Å²) < 4.78 is 177. The Morgan fingerprint density at radius 3 is 0.441 bits per heavy atom. The van der Waals surface area contributed by atoms with Crippen LogP contribution in [0.2, 0.25) is 66.5 Å². The summed E-state index contributed by atoms with van der Waals surface area (Å²) in [6, 6.07) is 15.4. The van der Waals surface area contributed by atoms with Crippen LogP contribution in [0.25, 0.3) is 0 Å². The van der Waals surface area contributed by atoms with Gasteiger partial charge in [0.25, 0.3) is 0 Å². The molecule has 5 aromatic carbocycles. The lowest BCUT2D eigenvalue weighted by molar-refractivity contribution is -0.138. The van der Waals surface area contributed by atoms with Crippen LogP contribution in [0.15, 0.2) is 84.9 Å². The molecule has 0 saturated carbocycles. The Morgan fingerprint density at radius 1 is 0.186 bits per heavy atom. The van der Waals surface area contributed by atoms with E-state index in [1.54, 1.807) is 0 Å². The standard InChI is InChI=1S/C86H98F12Si4/c1-55(2)99(56(3)4,57(5)6)45-41-75-51-79(83(87,88)89)37-33-67(75)25-29-71-49-73(31-27-69-35-39-81(85(93,94)95)53-77(69)43-47-101(61(13)14,62(15)16)63(17)18)74(32-28-70-36-40-82(86(96,97)98)54-78(70)44-48-102(64(19)20,65(21)22)66(23)24)50-72(71)30-26-68-34-38-80(84(90,91)92)52-76(68)42-46-100(58(7)8,59(9)10)60(11)12/h33-40,49-66H,1-24H3. The third-order valence-electron chi connectivity index (χ3n) is 21.0. The van der Waals surface area contributed by atoms with E-state index in [0.717, 1.165) is 48.5 Å². The van der Waals surface area contributed by atoms with Crippen molar-refractivity contribution in [3.8, 4) is 93.2 Å². The molecular formula is C86H98F12Si4. The van der Waals surface area contributed by atoms with Crippen LogP contribution in [0.5, 0.6) is 0 Å². The van der Waals surface area contributed by atoms with Crippen molar-refractivity contribution < 1.29 is 52.7 Å². The van der Waals surface area contributed by atoms with Gasteiger partial charge in [-0.1, -0.05) is 237 Å². The second kappa shape index (κ2) is 33.6. The van der Waals surface area contributed by atoms with Crippen LogP contribution in [0.4, 0.5) is 52.7 Å². The summed E-state index contributed by atoms with van der Waals surface area (Å²) in [6.07, 6.45) is -19.1. The molecule has 5 aromatic rings. The molecule has 542 valence electrons. The van der Waals surface area contributed by atoms with Gasteiger partial charge in [0.15, 0.2) is 0 Å². The highest BCUT2D eigenvalue weighted by Crippen LogP contribution is 2.46. The van der Waals surface area contributed by atoms with Gasteiger partial charge in [0.05, 0.1) is 22.3 Å². The third kappa shape index (κ3) is 19.3. The number of alkyl halides is 12. The summed E-state index contributed by atoms with van der Waals surface area (Å²) in [5, 5.41) is 0. The van der Waals surface area contributed by atoms with Crippen LogP contribution in [0.1, 0.15) is 255 Å². The lowest BCUT2D eigenvalue weighted by Crippen LogP contribution is -2.43. The van der Waals surface area contributed by atoms with Gasteiger partial charge < -0.3 is 0 Å². The normalized spacial score (nSPS) is 12.5. The molecule has 0 radical (unpaired) electrons. The van der Waals surface area contributed by atoms with Crippen molar-refractivity contribution in [2.24, 2.45) is 0 Å². The molecule has 0 nitrogen and oxygen atoms in total. The molecule has 0 unspecified atom stereocenters. The van der Waals surface area contributed by atoms with Gasteiger partial charge in [-0.15, -0.1) is 22.2 Å². The largest absolute Gasteiger partial charge is 0.416 e. The number of hydrogen-bond acceptors (Lipinski definition) is 0. The highest BCUT2D eigenvalue weighted by Gasteiger charge is 2.46. The van der Waals surface area contributed by atoms with Crippen molar-refractivity contribution >= 4 is 32.3 Å². The van der Waals surface area contributed by atoms with E-state index in [2.05, 4.69) is 259 Å². The summed E-state index contributed by atoms with van der Waals surface area (Å²) in [7, 11) is -10.3. The first kappa shape index (κ1) is 85.3. The van der Waals surface area contributed by atoms with Gasteiger partial charge >= 0.3 is 24.7 Å². The number of rotatable bonds is 12. The first-order valence-corrected chi connectivity index (χ1v) is 44.1. The van der Waals surface area contributed by atoms with E-state index in [9.17, 15) is 52.7 Å². The van der Waals surface area contributed by atoms with E-state index in [4.69, 9.17) is 0 Å². The average Bonchev–Trinajstić information content (AvgIpc) is 0.806. The molecule has 16 heteroatoms. The SMILES string of the molecule is CC(C)[Si](C#Cc1cc(C(F)(F)F)ccc1C#Cc1cc(C#Cc2ccc(C(F)(F)F)cc2C#C[Si](C(C)C)(C(C)C)C(C)C)c(C#Cc2ccc(C(F)(F)F)cc2C#C[Si](C(C)C)(C(C)C)C(C)C)cc1C#Cc1ccc(C(F)(F)F)cc1C#C[Si](C(C)C)(C(C)C)C(C)C)(C(C)C)C(C)C. The smallest absolute Gasteiger partial charge is 0.166 e. The summed E-state index contributed by atoms with van der Waals surface area (Å²) in [5.41, 5.74) is 12.4. The van der Waals surface area contributed by atoms with Gasteiger partial charge in [-0.3, -0.25) is 0 Å². The zero-order valence-electron chi connectivity index (χ0n) is 63.5. The van der Waals surface area contributed by atoms with Gasteiger partial charge in [0, 0.05) is 66.8 Å². The lowest BCUT2D eigenvalue weighted by atomic mass is 9.96. The van der Waals surface area contributed by atoms with Crippen LogP contribution in [0.3, 0.4) is 0 Å². The van der Waals surface area contributed by atoms with Crippen LogP contribution >= 0.6 is 0 Å². The lowest BCUT2D eigenvalue weighted by Gasteiger charge is -2.38. The number of benzene rings is 5. The minimum Gasteiger partial charge on any atom is -0.166 e. The van der Waals surface area contributed by atoms with Gasteiger partial charge in [-0.2, -0.15) is 52.7 Å². The van der Waals surface area contributed by atoms with Crippen LogP contribution in [-0.4, -0.2) is 32.3 Å². The summed E-state index contributed by atoms with van der Waals surface area (Å²) in [6.45, 7) is 49.7. The van der Waals surface area contributed by atoms with E-state index in [1.807, 2.05) is 0 Å². The molecule has 0 aliphatic carbocycles. The predicted octanol–water partition coefficient (Wildman–Crippen LogP) is 25.6. The second-order valence-corrected chi connectivity index (χ2v) is 52.9. The van der Waals surface area contributed by atoms with Gasteiger partial charge in [0.2, 0.25) is 0 Å². The fraction of sp³-hybridized carbons (Fsp3) is 0.465. The fourth-order valence-electron chi connectivity index (χ4n) is 15.7. The van der Waals surface area contributed by atoms with Crippen molar-refractivity contribution in [1.82, 2.24) is 0 Å². The first-order chi connectivity index (χ1) is 47.0. The molecule has 0 N–H and O–H groups in total. The average molecular weight is 1470 g/mol. The monoisotopic (exact) mass is 1470 g/mol. The minimum absolute atomic E-state index is 0.00374. The fourth-order valence-corrected chi connectivity index (χ4v) is 36.6. The maximum Gasteiger partial charge on any atom is 0.416 e. The van der Waals surface area contributed by atoms with E-state index >= 15 is 0 Å².